The van der Waals surface area contributed by atoms with Gasteiger partial charge in [-0.2, -0.15) is 0 Å². The van der Waals surface area contributed by atoms with Gasteiger partial charge in [-0.15, -0.1) is 11.3 Å². The molecule has 0 radical (unpaired) electrons. The Morgan fingerprint density at radius 3 is 2.81 bits per heavy atom. The van der Waals surface area contributed by atoms with Gasteiger partial charge in [0.05, 0.1) is 19.4 Å². The van der Waals surface area contributed by atoms with Gasteiger partial charge in [0, 0.05) is 22.8 Å². The molecule has 2 aromatic heterocycles. The average molecular weight is 306 g/mol. The van der Waals surface area contributed by atoms with Gasteiger partial charge in [0.15, 0.2) is 0 Å². The molecule has 4 nitrogen and oxygen atoms in total. The van der Waals surface area contributed by atoms with E-state index in [1.54, 1.807) is 17.6 Å². The molecule has 2 aromatic rings. The van der Waals surface area contributed by atoms with Crippen molar-refractivity contribution in [1.82, 2.24) is 10.2 Å². The molecule has 0 aliphatic rings. The van der Waals surface area contributed by atoms with Crippen LogP contribution in [-0.4, -0.2) is 23.9 Å². The Morgan fingerprint density at radius 2 is 2.19 bits per heavy atom. The van der Waals surface area contributed by atoms with Gasteiger partial charge in [0.2, 0.25) is 5.91 Å². The Labute approximate surface area is 129 Å². The molecule has 1 amide bonds. The highest BCUT2D eigenvalue weighted by atomic mass is 32.1. The molecule has 1 N–H and O–H groups in total. The van der Waals surface area contributed by atoms with Crippen LogP contribution in [0.4, 0.5) is 0 Å². The van der Waals surface area contributed by atoms with Gasteiger partial charge in [0.25, 0.3) is 0 Å². The summed E-state index contributed by atoms with van der Waals surface area (Å²) in [5.41, 5.74) is 0. The summed E-state index contributed by atoms with van der Waals surface area (Å²) in [5.74, 6) is 0.947. The number of hydrogen-bond donors (Lipinski definition) is 1. The Kier molecular flexibility index (Phi) is 6.02. The zero-order valence-corrected chi connectivity index (χ0v) is 13.4. The van der Waals surface area contributed by atoms with Crippen LogP contribution in [0.1, 0.15) is 28.9 Å². The first-order valence-electron chi connectivity index (χ1n) is 7.24. The highest BCUT2D eigenvalue weighted by molar-refractivity contribution is 7.11. The fraction of sp³-hybridized carbons (Fsp3) is 0.438. The molecular weight excluding hydrogens is 284 g/mol. The van der Waals surface area contributed by atoms with Crippen molar-refractivity contribution >= 4 is 17.2 Å². The number of nitrogens with zero attached hydrogens (tertiary/aromatic N) is 1. The fourth-order valence-corrected chi connectivity index (χ4v) is 3.04. The number of carbonyl (C=O) groups is 1. The number of amides is 1. The molecule has 114 valence electrons. The largest absolute Gasteiger partial charge is 0.468 e. The van der Waals surface area contributed by atoms with Gasteiger partial charge in [-0.25, -0.2) is 0 Å². The van der Waals surface area contributed by atoms with Crippen LogP contribution < -0.4 is 5.32 Å². The third-order valence-corrected chi connectivity index (χ3v) is 4.06. The normalized spacial score (nSPS) is 11.0. The van der Waals surface area contributed by atoms with Crippen LogP contribution in [0.2, 0.25) is 0 Å². The van der Waals surface area contributed by atoms with Gasteiger partial charge in [0.1, 0.15) is 5.76 Å². The number of hydrogen-bond acceptors (Lipinski definition) is 4. The lowest BCUT2D eigenvalue weighted by Gasteiger charge is -2.20. The van der Waals surface area contributed by atoms with Crippen LogP contribution in [0.5, 0.6) is 0 Å². The van der Waals surface area contributed by atoms with Crippen LogP contribution >= 0.6 is 11.3 Å². The van der Waals surface area contributed by atoms with Gasteiger partial charge in [-0.3, -0.25) is 9.69 Å². The number of thiophene rings is 1. The highest BCUT2D eigenvalue weighted by Gasteiger charge is 2.14. The standard InChI is InChI=1S/C16H22N2O2S/c1-3-8-17-16(19)12-18(10-14-5-4-9-20-14)11-15-7-6-13(2)21-15/h4-7,9H,3,8,10-12H2,1-2H3,(H,17,19). The minimum atomic E-state index is 0.0664. The van der Waals surface area contributed by atoms with E-state index in [4.69, 9.17) is 4.42 Å². The zero-order valence-electron chi connectivity index (χ0n) is 12.6. The van der Waals surface area contributed by atoms with Crippen molar-refractivity contribution in [3.63, 3.8) is 0 Å². The van der Waals surface area contributed by atoms with Crippen LogP contribution in [0.25, 0.3) is 0 Å². The van der Waals surface area contributed by atoms with E-state index in [9.17, 15) is 4.79 Å². The Balaban J connectivity index is 1.97. The maximum Gasteiger partial charge on any atom is 0.234 e. The second-order valence-corrected chi connectivity index (χ2v) is 6.46. The summed E-state index contributed by atoms with van der Waals surface area (Å²) >= 11 is 1.77. The molecule has 0 bridgehead atoms. The van der Waals surface area contributed by atoms with Crippen molar-refractivity contribution in [2.75, 3.05) is 13.1 Å². The van der Waals surface area contributed by atoms with Crippen LogP contribution in [0.15, 0.2) is 34.9 Å². The molecule has 0 fully saturated rings. The molecule has 0 saturated carbocycles. The van der Waals surface area contributed by atoms with E-state index in [-0.39, 0.29) is 5.91 Å². The molecule has 5 heteroatoms. The molecule has 2 heterocycles. The predicted molar refractivity (Wildman–Crippen MR) is 85.2 cm³/mol. The van der Waals surface area contributed by atoms with Gasteiger partial charge >= 0.3 is 0 Å². The quantitative estimate of drug-likeness (QED) is 0.815. The number of nitrogens with one attached hydrogen (secondary N) is 1. The van der Waals surface area contributed by atoms with E-state index in [1.807, 2.05) is 12.1 Å². The molecule has 0 aliphatic carbocycles. The average Bonchev–Trinajstić information content (AvgIpc) is 3.08. The Bertz CT molecular complexity index is 548. The van der Waals surface area contributed by atoms with E-state index in [0.29, 0.717) is 13.1 Å². The minimum Gasteiger partial charge on any atom is -0.468 e. The maximum atomic E-state index is 12.0. The number of carbonyl (C=O) groups excluding carboxylic acids is 1. The topological polar surface area (TPSA) is 45.5 Å². The van der Waals surface area contributed by atoms with Gasteiger partial charge in [-0.1, -0.05) is 6.92 Å². The molecule has 21 heavy (non-hydrogen) atoms. The summed E-state index contributed by atoms with van der Waals surface area (Å²) in [6.45, 7) is 6.67. The summed E-state index contributed by atoms with van der Waals surface area (Å²) in [5, 5.41) is 2.93. The predicted octanol–water partition coefficient (Wildman–Crippen LogP) is 3.18. The van der Waals surface area contributed by atoms with Crippen molar-refractivity contribution < 1.29 is 9.21 Å². The SMILES string of the molecule is CCCNC(=O)CN(Cc1ccco1)Cc1ccc(C)s1. The molecule has 0 aliphatic heterocycles. The van der Waals surface area contributed by atoms with Crippen LogP contribution in [0, 0.1) is 6.92 Å². The smallest absolute Gasteiger partial charge is 0.234 e. The lowest BCUT2D eigenvalue weighted by molar-refractivity contribution is -0.122. The van der Waals surface area contributed by atoms with Crippen LogP contribution in [-0.2, 0) is 17.9 Å². The third kappa shape index (κ3) is 5.36. The molecule has 0 aromatic carbocycles. The number of aryl methyl sites for hydroxylation is 1. The molecule has 2 rings (SSSR count). The Morgan fingerprint density at radius 1 is 1.33 bits per heavy atom. The molecule has 0 spiro atoms. The van der Waals surface area contributed by atoms with Crippen molar-refractivity contribution in [2.45, 2.75) is 33.4 Å². The summed E-state index contributed by atoms with van der Waals surface area (Å²) in [6.07, 6.45) is 2.62. The molecule has 0 unspecified atom stereocenters. The second-order valence-electron chi connectivity index (χ2n) is 5.09. The molecule has 0 atom stereocenters. The summed E-state index contributed by atoms with van der Waals surface area (Å²) in [6, 6.07) is 8.05. The van der Waals surface area contributed by atoms with E-state index in [0.717, 1.165) is 25.3 Å². The third-order valence-electron chi connectivity index (χ3n) is 3.07. The summed E-state index contributed by atoms with van der Waals surface area (Å²) in [4.78, 5) is 16.6. The zero-order chi connectivity index (χ0) is 15.1. The van der Waals surface area contributed by atoms with E-state index in [2.05, 4.69) is 36.2 Å². The number of furan rings is 1. The van der Waals surface area contributed by atoms with Crippen molar-refractivity contribution in [3.05, 3.63) is 46.0 Å². The van der Waals surface area contributed by atoms with E-state index in [1.165, 1.54) is 9.75 Å². The van der Waals surface area contributed by atoms with Crippen molar-refractivity contribution in [1.29, 1.82) is 0 Å². The van der Waals surface area contributed by atoms with Gasteiger partial charge in [-0.05, 0) is 37.6 Å². The first kappa shape index (κ1) is 15.8. The van der Waals surface area contributed by atoms with E-state index >= 15 is 0 Å². The maximum absolute atomic E-state index is 12.0. The van der Waals surface area contributed by atoms with Crippen molar-refractivity contribution in [2.24, 2.45) is 0 Å². The molecule has 0 saturated heterocycles. The first-order chi connectivity index (χ1) is 10.2. The lowest BCUT2D eigenvalue weighted by atomic mass is 10.3. The number of rotatable bonds is 8. The van der Waals surface area contributed by atoms with E-state index < -0.39 is 0 Å². The highest BCUT2D eigenvalue weighted by Crippen LogP contribution is 2.18. The van der Waals surface area contributed by atoms with Gasteiger partial charge < -0.3 is 9.73 Å². The first-order valence-corrected chi connectivity index (χ1v) is 8.05. The molecular formula is C16H22N2O2S. The van der Waals surface area contributed by atoms with Crippen LogP contribution in [0.3, 0.4) is 0 Å². The summed E-state index contributed by atoms with van der Waals surface area (Å²) < 4.78 is 5.40. The Hall–Kier alpha value is -1.59. The fourth-order valence-electron chi connectivity index (χ4n) is 2.10. The second kappa shape index (κ2) is 8.00. The van der Waals surface area contributed by atoms with Crippen molar-refractivity contribution in [3.8, 4) is 0 Å². The lowest BCUT2D eigenvalue weighted by Crippen LogP contribution is -2.36. The monoisotopic (exact) mass is 306 g/mol. The minimum absolute atomic E-state index is 0.0664. The summed E-state index contributed by atoms with van der Waals surface area (Å²) in [7, 11) is 0.